The Hall–Kier alpha value is -2.24. The van der Waals surface area contributed by atoms with Crippen LogP contribution < -0.4 is 14.8 Å². The standard InChI is InChI=1S/C20H28N2O4/c1-19(2,3)18(24)22-10-8-13(9-11-22)17(23)21-14-6-7-15-16(12-14)26-20(4,5)25-15/h6-7,12-13H,8-11H2,1-5H3,(H,21,23). The molecule has 0 saturated carbocycles. The van der Waals surface area contributed by atoms with Crippen LogP contribution in [0.4, 0.5) is 5.69 Å². The minimum Gasteiger partial charge on any atom is -0.449 e. The molecule has 142 valence electrons. The van der Waals surface area contributed by atoms with Crippen molar-refractivity contribution in [2.75, 3.05) is 18.4 Å². The summed E-state index contributed by atoms with van der Waals surface area (Å²) in [6.07, 6.45) is 1.37. The zero-order chi connectivity index (χ0) is 19.1. The van der Waals surface area contributed by atoms with Crippen molar-refractivity contribution in [3.63, 3.8) is 0 Å². The van der Waals surface area contributed by atoms with Gasteiger partial charge in [0, 0.05) is 50.0 Å². The number of ether oxygens (including phenoxy) is 2. The molecule has 26 heavy (non-hydrogen) atoms. The Morgan fingerprint density at radius 2 is 1.73 bits per heavy atom. The number of piperidine rings is 1. The van der Waals surface area contributed by atoms with E-state index in [1.807, 2.05) is 51.7 Å². The first-order valence-electron chi connectivity index (χ1n) is 9.17. The summed E-state index contributed by atoms with van der Waals surface area (Å²) >= 11 is 0. The molecule has 2 heterocycles. The smallest absolute Gasteiger partial charge is 0.246 e. The Balaban J connectivity index is 1.57. The van der Waals surface area contributed by atoms with Gasteiger partial charge in [0.25, 0.3) is 0 Å². The Bertz CT molecular complexity index is 713. The molecule has 0 aliphatic carbocycles. The Labute approximate surface area is 154 Å². The van der Waals surface area contributed by atoms with Crippen LogP contribution in [0.1, 0.15) is 47.5 Å². The SMILES string of the molecule is CC1(C)Oc2ccc(NC(=O)C3CCN(C(=O)C(C)(C)C)CC3)cc2O1. The van der Waals surface area contributed by atoms with Crippen LogP contribution in [0.2, 0.25) is 0 Å². The molecule has 2 aliphatic rings. The van der Waals surface area contributed by atoms with Crippen molar-refractivity contribution in [2.45, 2.75) is 53.2 Å². The van der Waals surface area contributed by atoms with Crippen LogP contribution in [-0.2, 0) is 9.59 Å². The predicted molar refractivity (Wildman–Crippen MR) is 99.2 cm³/mol. The monoisotopic (exact) mass is 360 g/mol. The van der Waals surface area contributed by atoms with E-state index in [2.05, 4.69) is 5.32 Å². The largest absolute Gasteiger partial charge is 0.449 e. The summed E-state index contributed by atoms with van der Waals surface area (Å²) in [4.78, 5) is 26.8. The highest BCUT2D eigenvalue weighted by atomic mass is 16.7. The molecule has 2 amide bonds. The quantitative estimate of drug-likeness (QED) is 0.877. The minimum absolute atomic E-state index is 0.00835. The summed E-state index contributed by atoms with van der Waals surface area (Å²) in [6.45, 7) is 10.7. The van der Waals surface area contributed by atoms with Crippen LogP contribution in [0.25, 0.3) is 0 Å². The van der Waals surface area contributed by atoms with Gasteiger partial charge in [0.2, 0.25) is 17.6 Å². The molecule has 1 N–H and O–H groups in total. The van der Waals surface area contributed by atoms with Crippen LogP contribution in [0.15, 0.2) is 18.2 Å². The third kappa shape index (κ3) is 3.94. The summed E-state index contributed by atoms with van der Waals surface area (Å²) in [5.41, 5.74) is 0.318. The predicted octanol–water partition coefficient (Wildman–Crippen LogP) is 3.42. The van der Waals surface area contributed by atoms with Gasteiger partial charge in [-0.25, -0.2) is 0 Å². The first-order chi connectivity index (χ1) is 12.0. The molecule has 2 aliphatic heterocycles. The molecule has 1 aromatic carbocycles. The second-order valence-electron chi connectivity index (χ2n) is 8.57. The van der Waals surface area contributed by atoms with Crippen molar-refractivity contribution in [1.82, 2.24) is 4.90 Å². The van der Waals surface area contributed by atoms with Crippen LogP contribution in [0.3, 0.4) is 0 Å². The number of nitrogens with zero attached hydrogens (tertiary/aromatic N) is 1. The van der Waals surface area contributed by atoms with Crippen molar-refractivity contribution >= 4 is 17.5 Å². The molecule has 1 saturated heterocycles. The summed E-state index contributed by atoms with van der Waals surface area (Å²) in [5, 5.41) is 2.97. The molecule has 6 heteroatoms. The molecule has 1 aromatic rings. The molecular formula is C20H28N2O4. The van der Waals surface area contributed by atoms with Gasteiger partial charge < -0.3 is 19.7 Å². The fourth-order valence-corrected chi connectivity index (χ4v) is 3.36. The van der Waals surface area contributed by atoms with Gasteiger partial charge in [-0.3, -0.25) is 9.59 Å². The number of anilines is 1. The molecule has 0 aromatic heterocycles. The van der Waals surface area contributed by atoms with E-state index in [0.29, 0.717) is 43.1 Å². The number of carbonyl (C=O) groups is 2. The van der Waals surface area contributed by atoms with Crippen LogP contribution in [0, 0.1) is 11.3 Å². The molecule has 3 rings (SSSR count). The van der Waals surface area contributed by atoms with Gasteiger partial charge >= 0.3 is 0 Å². The van der Waals surface area contributed by atoms with Gasteiger partial charge in [0.05, 0.1) is 0 Å². The van der Waals surface area contributed by atoms with E-state index in [0.717, 1.165) is 0 Å². The lowest BCUT2D eigenvalue weighted by atomic mass is 9.90. The summed E-state index contributed by atoms with van der Waals surface area (Å²) in [6, 6.07) is 5.42. The molecular weight excluding hydrogens is 332 g/mol. The first-order valence-corrected chi connectivity index (χ1v) is 9.17. The van der Waals surface area contributed by atoms with E-state index in [1.54, 1.807) is 6.07 Å². The lowest BCUT2D eigenvalue weighted by molar-refractivity contribution is -0.142. The van der Waals surface area contributed by atoms with Crippen molar-refractivity contribution < 1.29 is 19.1 Å². The number of benzene rings is 1. The molecule has 0 spiro atoms. The fourth-order valence-electron chi connectivity index (χ4n) is 3.36. The van der Waals surface area contributed by atoms with Gasteiger partial charge in [-0.1, -0.05) is 20.8 Å². The lowest BCUT2D eigenvalue weighted by Crippen LogP contribution is -2.45. The molecule has 0 radical (unpaired) electrons. The normalized spacial score (nSPS) is 19.3. The Morgan fingerprint density at radius 3 is 2.35 bits per heavy atom. The number of likely N-dealkylation sites (tertiary alicyclic amines) is 1. The second-order valence-corrected chi connectivity index (χ2v) is 8.57. The van der Waals surface area contributed by atoms with Crippen LogP contribution in [0.5, 0.6) is 11.5 Å². The highest BCUT2D eigenvalue weighted by molar-refractivity contribution is 5.93. The van der Waals surface area contributed by atoms with Crippen molar-refractivity contribution in [1.29, 1.82) is 0 Å². The van der Waals surface area contributed by atoms with E-state index in [1.165, 1.54) is 0 Å². The van der Waals surface area contributed by atoms with Crippen molar-refractivity contribution in [3.8, 4) is 11.5 Å². The zero-order valence-electron chi connectivity index (χ0n) is 16.2. The number of hydrogen-bond donors (Lipinski definition) is 1. The third-order valence-electron chi connectivity index (χ3n) is 4.72. The van der Waals surface area contributed by atoms with Crippen molar-refractivity contribution in [2.24, 2.45) is 11.3 Å². The maximum absolute atomic E-state index is 12.6. The minimum atomic E-state index is -0.683. The molecule has 6 nitrogen and oxygen atoms in total. The summed E-state index contributed by atoms with van der Waals surface area (Å²) < 4.78 is 11.4. The lowest BCUT2D eigenvalue weighted by Gasteiger charge is -2.35. The number of fused-ring (bicyclic) bond motifs is 1. The maximum atomic E-state index is 12.6. The Morgan fingerprint density at radius 1 is 1.12 bits per heavy atom. The van der Waals surface area contributed by atoms with Gasteiger partial charge in [-0.2, -0.15) is 0 Å². The average molecular weight is 360 g/mol. The number of carbonyl (C=O) groups excluding carboxylic acids is 2. The number of nitrogens with one attached hydrogen (secondary N) is 1. The van der Waals surface area contributed by atoms with E-state index in [-0.39, 0.29) is 23.1 Å². The van der Waals surface area contributed by atoms with Gasteiger partial charge in [0.15, 0.2) is 11.5 Å². The van der Waals surface area contributed by atoms with Gasteiger partial charge in [-0.05, 0) is 25.0 Å². The van der Waals surface area contributed by atoms with Crippen molar-refractivity contribution in [3.05, 3.63) is 18.2 Å². The topological polar surface area (TPSA) is 67.9 Å². The van der Waals surface area contributed by atoms with E-state index in [4.69, 9.17) is 9.47 Å². The van der Waals surface area contributed by atoms with Crippen LogP contribution in [-0.4, -0.2) is 35.6 Å². The van der Waals surface area contributed by atoms with E-state index < -0.39 is 5.79 Å². The first kappa shape index (κ1) is 18.5. The molecule has 0 atom stereocenters. The number of rotatable bonds is 2. The molecule has 0 bridgehead atoms. The summed E-state index contributed by atoms with van der Waals surface area (Å²) in [7, 11) is 0. The fraction of sp³-hybridized carbons (Fsp3) is 0.600. The highest BCUT2D eigenvalue weighted by Crippen LogP contribution is 2.40. The number of amides is 2. The maximum Gasteiger partial charge on any atom is 0.246 e. The van der Waals surface area contributed by atoms with E-state index >= 15 is 0 Å². The van der Waals surface area contributed by atoms with Crippen LogP contribution >= 0.6 is 0 Å². The van der Waals surface area contributed by atoms with Gasteiger partial charge in [-0.15, -0.1) is 0 Å². The second kappa shape index (κ2) is 6.49. The third-order valence-corrected chi connectivity index (χ3v) is 4.72. The zero-order valence-corrected chi connectivity index (χ0v) is 16.2. The molecule has 0 unspecified atom stereocenters. The summed E-state index contributed by atoms with van der Waals surface area (Å²) in [5.74, 6) is 0.694. The highest BCUT2D eigenvalue weighted by Gasteiger charge is 2.34. The van der Waals surface area contributed by atoms with E-state index in [9.17, 15) is 9.59 Å². The number of hydrogen-bond acceptors (Lipinski definition) is 4. The average Bonchev–Trinajstić information content (AvgIpc) is 2.86. The van der Waals surface area contributed by atoms with Gasteiger partial charge in [0.1, 0.15) is 0 Å². The molecule has 1 fully saturated rings. The Kier molecular flexibility index (Phi) is 4.63.